The van der Waals surface area contributed by atoms with Crippen LogP contribution in [0.5, 0.6) is 11.5 Å². The van der Waals surface area contributed by atoms with E-state index in [1.807, 2.05) is 37.3 Å². The molecule has 0 radical (unpaired) electrons. The second kappa shape index (κ2) is 7.75. The molecular weight excluding hydrogens is 380 g/mol. The van der Waals surface area contributed by atoms with Crippen molar-refractivity contribution in [2.24, 2.45) is 0 Å². The molecule has 0 spiro atoms. The van der Waals surface area contributed by atoms with Gasteiger partial charge in [-0.1, -0.05) is 25.1 Å². The number of ether oxygens (including phenoxy) is 1. The Morgan fingerprint density at radius 3 is 2.62 bits per heavy atom. The molecule has 0 amide bonds. The molecule has 0 aliphatic carbocycles. The molecule has 21 heavy (non-hydrogen) atoms. The van der Waals surface area contributed by atoms with E-state index in [1.165, 1.54) is 0 Å². The summed E-state index contributed by atoms with van der Waals surface area (Å²) < 4.78 is 20.8. The van der Waals surface area contributed by atoms with Crippen LogP contribution in [0.4, 0.5) is 4.39 Å². The van der Waals surface area contributed by atoms with Crippen molar-refractivity contribution < 1.29 is 9.13 Å². The first kappa shape index (κ1) is 16.2. The maximum atomic E-state index is 14.2. The summed E-state index contributed by atoms with van der Waals surface area (Å²) in [5, 5.41) is 3.35. The smallest absolute Gasteiger partial charge is 0.166 e. The fourth-order valence-electron chi connectivity index (χ4n) is 1.99. The quantitative estimate of drug-likeness (QED) is 0.668. The minimum absolute atomic E-state index is 0.130. The number of benzene rings is 2. The van der Waals surface area contributed by atoms with E-state index >= 15 is 0 Å². The van der Waals surface area contributed by atoms with Crippen LogP contribution in [0.1, 0.15) is 31.9 Å². The molecule has 0 fully saturated rings. The Hall–Kier alpha value is -1.14. The molecule has 2 aromatic rings. The predicted molar refractivity (Wildman–Crippen MR) is 92.3 cm³/mol. The standard InChI is InChI=1S/C17H19FINO/c1-3-10-20-12(2)13-8-9-16(14(18)11-13)21-17-7-5-4-6-15(17)19/h4-9,11-12,20H,3,10H2,1-2H3. The van der Waals surface area contributed by atoms with Crippen LogP contribution in [0.2, 0.25) is 0 Å². The van der Waals surface area contributed by atoms with Gasteiger partial charge >= 0.3 is 0 Å². The van der Waals surface area contributed by atoms with Gasteiger partial charge in [0.2, 0.25) is 0 Å². The topological polar surface area (TPSA) is 21.3 Å². The summed E-state index contributed by atoms with van der Waals surface area (Å²) >= 11 is 2.17. The first-order valence-corrected chi connectivity index (χ1v) is 8.15. The molecule has 0 aromatic heterocycles. The number of rotatable bonds is 6. The largest absolute Gasteiger partial charge is 0.453 e. The summed E-state index contributed by atoms with van der Waals surface area (Å²) in [5.74, 6) is 0.588. The number of hydrogen-bond donors (Lipinski definition) is 1. The number of hydrogen-bond acceptors (Lipinski definition) is 2. The Morgan fingerprint density at radius 1 is 1.19 bits per heavy atom. The Kier molecular flexibility index (Phi) is 5.99. The lowest BCUT2D eigenvalue weighted by molar-refractivity contribution is 0.438. The highest BCUT2D eigenvalue weighted by Crippen LogP contribution is 2.29. The van der Waals surface area contributed by atoms with Gasteiger partial charge in [0, 0.05) is 6.04 Å². The van der Waals surface area contributed by atoms with E-state index in [9.17, 15) is 4.39 Å². The third kappa shape index (κ3) is 4.41. The zero-order valence-corrected chi connectivity index (χ0v) is 14.4. The lowest BCUT2D eigenvalue weighted by atomic mass is 10.1. The molecule has 0 bridgehead atoms. The Bertz CT molecular complexity index is 603. The fraction of sp³-hybridized carbons (Fsp3) is 0.294. The molecule has 2 aromatic carbocycles. The Morgan fingerprint density at radius 2 is 1.95 bits per heavy atom. The summed E-state index contributed by atoms with van der Waals surface area (Å²) in [5.41, 5.74) is 0.927. The van der Waals surface area contributed by atoms with Crippen LogP contribution in [0.3, 0.4) is 0 Å². The molecule has 0 aliphatic heterocycles. The van der Waals surface area contributed by atoms with Crippen molar-refractivity contribution >= 4 is 22.6 Å². The molecule has 1 unspecified atom stereocenters. The van der Waals surface area contributed by atoms with Crippen molar-refractivity contribution in [1.82, 2.24) is 5.32 Å². The van der Waals surface area contributed by atoms with Crippen LogP contribution in [0.25, 0.3) is 0 Å². The van der Waals surface area contributed by atoms with Gasteiger partial charge in [-0.15, -0.1) is 0 Å². The number of halogens is 2. The average molecular weight is 399 g/mol. The summed E-state index contributed by atoms with van der Waals surface area (Å²) in [4.78, 5) is 0. The zero-order valence-electron chi connectivity index (χ0n) is 12.2. The van der Waals surface area contributed by atoms with E-state index in [1.54, 1.807) is 12.1 Å². The Balaban J connectivity index is 2.14. The van der Waals surface area contributed by atoms with Crippen molar-refractivity contribution in [2.75, 3.05) is 6.54 Å². The summed E-state index contributed by atoms with van der Waals surface area (Å²) in [6, 6.07) is 12.8. The molecule has 0 saturated carbocycles. The van der Waals surface area contributed by atoms with E-state index in [0.717, 1.165) is 22.1 Å². The number of nitrogens with one attached hydrogen (secondary N) is 1. The van der Waals surface area contributed by atoms with Crippen LogP contribution >= 0.6 is 22.6 Å². The fourth-order valence-corrected chi connectivity index (χ4v) is 2.49. The highest BCUT2D eigenvalue weighted by atomic mass is 127. The molecule has 2 nitrogen and oxygen atoms in total. The van der Waals surface area contributed by atoms with E-state index in [4.69, 9.17) is 4.74 Å². The predicted octanol–water partition coefficient (Wildman–Crippen LogP) is 5.28. The molecule has 0 saturated heterocycles. The molecule has 2 rings (SSSR count). The Labute approximate surface area is 138 Å². The second-order valence-corrected chi connectivity index (χ2v) is 6.06. The summed E-state index contributed by atoms with van der Waals surface area (Å²) in [7, 11) is 0. The molecule has 4 heteroatoms. The van der Waals surface area contributed by atoms with Gasteiger partial charge in [0.05, 0.1) is 3.57 Å². The number of para-hydroxylation sites is 1. The minimum atomic E-state index is -0.336. The SMILES string of the molecule is CCCNC(C)c1ccc(Oc2ccccc2I)c(F)c1. The van der Waals surface area contributed by atoms with Crippen molar-refractivity contribution in [3.63, 3.8) is 0 Å². The van der Waals surface area contributed by atoms with Crippen LogP contribution < -0.4 is 10.1 Å². The summed E-state index contributed by atoms with van der Waals surface area (Å²) in [6.45, 7) is 5.06. The van der Waals surface area contributed by atoms with Gasteiger partial charge in [-0.05, 0) is 72.3 Å². The van der Waals surface area contributed by atoms with Gasteiger partial charge in [0.25, 0.3) is 0 Å². The van der Waals surface area contributed by atoms with Gasteiger partial charge in [-0.25, -0.2) is 4.39 Å². The lowest BCUT2D eigenvalue weighted by Gasteiger charge is -2.15. The molecular formula is C17H19FINO. The monoisotopic (exact) mass is 399 g/mol. The molecule has 0 aliphatic rings. The lowest BCUT2D eigenvalue weighted by Crippen LogP contribution is -2.19. The molecule has 1 N–H and O–H groups in total. The van der Waals surface area contributed by atoms with Crippen molar-refractivity contribution in [2.45, 2.75) is 26.3 Å². The highest BCUT2D eigenvalue weighted by molar-refractivity contribution is 14.1. The molecule has 1 atom stereocenters. The van der Waals surface area contributed by atoms with Crippen molar-refractivity contribution in [1.29, 1.82) is 0 Å². The third-order valence-corrected chi connectivity index (χ3v) is 4.10. The normalized spacial score (nSPS) is 12.2. The van der Waals surface area contributed by atoms with E-state index < -0.39 is 0 Å². The van der Waals surface area contributed by atoms with Crippen LogP contribution in [-0.4, -0.2) is 6.54 Å². The van der Waals surface area contributed by atoms with Gasteiger partial charge in [0.1, 0.15) is 5.75 Å². The first-order chi connectivity index (χ1) is 10.1. The zero-order chi connectivity index (χ0) is 15.2. The van der Waals surface area contributed by atoms with E-state index in [-0.39, 0.29) is 17.6 Å². The maximum absolute atomic E-state index is 14.2. The maximum Gasteiger partial charge on any atom is 0.166 e. The van der Waals surface area contributed by atoms with E-state index in [0.29, 0.717) is 5.75 Å². The average Bonchev–Trinajstić information content (AvgIpc) is 2.49. The first-order valence-electron chi connectivity index (χ1n) is 7.07. The van der Waals surface area contributed by atoms with Crippen LogP contribution in [0.15, 0.2) is 42.5 Å². The highest BCUT2D eigenvalue weighted by Gasteiger charge is 2.11. The van der Waals surface area contributed by atoms with Gasteiger partial charge < -0.3 is 10.1 Å². The second-order valence-electron chi connectivity index (χ2n) is 4.90. The van der Waals surface area contributed by atoms with Gasteiger partial charge in [0.15, 0.2) is 11.6 Å². The van der Waals surface area contributed by atoms with E-state index in [2.05, 4.69) is 34.8 Å². The van der Waals surface area contributed by atoms with Gasteiger partial charge in [-0.2, -0.15) is 0 Å². The third-order valence-electron chi connectivity index (χ3n) is 3.21. The summed E-state index contributed by atoms with van der Waals surface area (Å²) in [6.07, 6.45) is 1.06. The van der Waals surface area contributed by atoms with Gasteiger partial charge in [-0.3, -0.25) is 0 Å². The minimum Gasteiger partial charge on any atom is -0.453 e. The van der Waals surface area contributed by atoms with Crippen molar-refractivity contribution in [3.05, 3.63) is 57.4 Å². The van der Waals surface area contributed by atoms with Crippen LogP contribution in [-0.2, 0) is 0 Å². The molecule has 0 heterocycles. The van der Waals surface area contributed by atoms with Crippen molar-refractivity contribution in [3.8, 4) is 11.5 Å². The van der Waals surface area contributed by atoms with Crippen LogP contribution in [0, 0.1) is 9.39 Å². The molecule has 112 valence electrons.